The van der Waals surface area contributed by atoms with Crippen molar-refractivity contribution in [2.75, 3.05) is 6.54 Å². The van der Waals surface area contributed by atoms with Crippen LogP contribution in [0.3, 0.4) is 0 Å². The number of rotatable bonds is 4. The third-order valence-electron chi connectivity index (χ3n) is 4.60. The van der Waals surface area contributed by atoms with Crippen LogP contribution in [0.4, 0.5) is 4.79 Å². The van der Waals surface area contributed by atoms with Gasteiger partial charge in [0.1, 0.15) is 0 Å². The molecule has 3 rings (SSSR count). The summed E-state index contributed by atoms with van der Waals surface area (Å²) in [5.74, 6) is -1.49. The van der Waals surface area contributed by atoms with Crippen molar-refractivity contribution in [2.45, 2.75) is 25.0 Å². The second-order valence-corrected chi connectivity index (χ2v) is 9.14. The zero-order valence-electron chi connectivity index (χ0n) is 13.2. The SMILES string of the molecule is O=C(NCc1ccccc1)N1CC[C@@H]2[C@H]1C(=O)[N+]2(S(=O)(=O)O)S(=O)(=O)O. The molecule has 2 aliphatic rings. The summed E-state index contributed by atoms with van der Waals surface area (Å²) >= 11 is 0. The largest absolute Gasteiger partial charge is 0.457 e. The molecule has 0 unspecified atom stereocenters. The molecular weight excluding hydrogens is 390 g/mol. The molecule has 2 saturated heterocycles. The number of nitrogens with one attached hydrogen (secondary N) is 1. The topological polar surface area (TPSA) is 158 Å². The Bertz CT molecular complexity index is 928. The number of carbonyl (C=O) groups excluding carboxylic acids is 2. The van der Waals surface area contributed by atoms with Crippen LogP contribution in [0.1, 0.15) is 12.0 Å². The Morgan fingerprint density at radius 3 is 2.27 bits per heavy atom. The van der Waals surface area contributed by atoms with Gasteiger partial charge in [0, 0.05) is 22.8 Å². The molecule has 0 aromatic heterocycles. The molecule has 11 nitrogen and oxygen atoms in total. The van der Waals surface area contributed by atoms with E-state index in [-0.39, 0.29) is 19.5 Å². The molecule has 0 spiro atoms. The Labute approximate surface area is 149 Å². The smallest absolute Gasteiger partial charge is 0.334 e. The van der Waals surface area contributed by atoms with E-state index in [1.165, 1.54) is 0 Å². The summed E-state index contributed by atoms with van der Waals surface area (Å²) in [6.07, 6.45) is -0.200. The van der Waals surface area contributed by atoms with E-state index in [4.69, 9.17) is 0 Å². The van der Waals surface area contributed by atoms with Crippen LogP contribution in [0.2, 0.25) is 0 Å². The zero-order chi connectivity index (χ0) is 19.3. The van der Waals surface area contributed by atoms with Crippen molar-refractivity contribution < 1.29 is 38.8 Å². The number of carbonyl (C=O) groups is 2. The van der Waals surface area contributed by atoms with Gasteiger partial charge in [-0.3, -0.25) is 0 Å². The zero-order valence-corrected chi connectivity index (χ0v) is 14.9. The van der Waals surface area contributed by atoms with Gasteiger partial charge in [0.05, 0.1) is 0 Å². The number of fused-ring (bicyclic) bond motifs is 1. The molecule has 2 aliphatic heterocycles. The van der Waals surface area contributed by atoms with Crippen molar-refractivity contribution in [3.05, 3.63) is 35.9 Å². The van der Waals surface area contributed by atoms with Gasteiger partial charge in [0.25, 0.3) is 0 Å². The second kappa shape index (κ2) is 5.99. The summed E-state index contributed by atoms with van der Waals surface area (Å²) in [5.41, 5.74) is 0.789. The molecular formula is C13H16N3O8S2+. The highest BCUT2D eigenvalue weighted by atomic mass is 32.3. The fourth-order valence-corrected chi connectivity index (χ4v) is 6.24. The van der Waals surface area contributed by atoms with Gasteiger partial charge in [-0.05, 0) is 5.56 Å². The molecule has 13 heteroatoms. The maximum atomic E-state index is 12.3. The monoisotopic (exact) mass is 406 g/mol. The average molecular weight is 406 g/mol. The van der Waals surface area contributed by atoms with Crippen molar-refractivity contribution >= 4 is 32.5 Å². The van der Waals surface area contributed by atoms with Gasteiger partial charge in [-0.15, -0.1) is 16.8 Å². The van der Waals surface area contributed by atoms with Crippen molar-refractivity contribution in [2.24, 2.45) is 0 Å². The first kappa shape index (κ1) is 18.7. The van der Waals surface area contributed by atoms with Crippen LogP contribution >= 0.6 is 0 Å². The Morgan fingerprint density at radius 1 is 1.15 bits per heavy atom. The molecule has 2 atom stereocenters. The fraction of sp³-hybridized carbons (Fsp3) is 0.385. The van der Waals surface area contributed by atoms with E-state index in [1.807, 2.05) is 0 Å². The van der Waals surface area contributed by atoms with Crippen LogP contribution in [0, 0.1) is 0 Å². The molecule has 0 bridgehead atoms. The van der Waals surface area contributed by atoms with E-state index in [1.54, 1.807) is 30.3 Å². The summed E-state index contributed by atoms with van der Waals surface area (Å²) in [6, 6.07) is 5.33. The first-order valence-electron chi connectivity index (χ1n) is 7.48. The van der Waals surface area contributed by atoms with Crippen LogP contribution < -0.4 is 5.32 Å². The van der Waals surface area contributed by atoms with Gasteiger partial charge in [-0.25, -0.2) is 18.7 Å². The Kier molecular flexibility index (Phi) is 4.31. The first-order valence-corrected chi connectivity index (χ1v) is 10.3. The number of quaternary nitrogens is 1. The maximum absolute atomic E-state index is 12.3. The number of amides is 3. The molecule has 142 valence electrons. The van der Waals surface area contributed by atoms with Crippen molar-refractivity contribution in [1.29, 1.82) is 0 Å². The van der Waals surface area contributed by atoms with Crippen molar-refractivity contribution in [3.8, 4) is 0 Å². The molecule has 3 N–H and O–H groups in total. The summed E-state index contributed by atoms with van der Waals surface area (Å²) in [5, 5.41) is 2.56. The molecule has 1 aromatic carbocycles. The van der Waals surface area contributed by atoms with Gasteiger partial charge in [-0.1, -0.05) is 30.3 Å². The highest BCUT2D eigenvalue weighted by Gasteiger charge is 2.81. The van der Waals surface area contributed by atoms with Crippen LogP contribution in [-0.4, -0.2) is 64.7 Å². The van der Waals surface area contributed by atoms with E-state index in [0.717, 1.165) is 10.5 Å². The van der Waals surface area contributed by atoms with Crippen molar-refractivity contribution in [3.63, 3.8) is 0 Å². The average Bonchev–Trinajstić information content (AvgIpc) is 2.91. The Morgan fingerprint density at radius 2 is 1.73 bits per heavy atom. The maximum Gasteiger partial charge on any atom is 0.457 e. The quantitative estimate of drug-likeness (QED) is 0.336. The minimum atomic E-state index is -5.50. The number of likely N-dealkylation sites (tertiary alicyclic amines) is 1. The number of urea groups is 1. The molecule has 26 heavy (non-hydrogen) atoms. The lowest BCUT2D eigenvalue weighted by atomic mass is 10.0. The highest BCUT2D eigenvalue weighted by molar-refractivity contribution is 7.93. The molecule has 2 fully saturated rings. The van der Waals surface area contributed by atoms with E-state index in [0.29, 0.717) is 0 Å². The predicted octanol–water partition coefficient (Wildman–Crippen LogP) is -0.698. The standard InChI is InChI=1S/C13H15N3O8S2/c17-12-11-10(16(12,25(19,20)21)26(22,23)24)6-7-15(11)13(18)14-8-9-4-2-1-3-5-9/h1-5,10-11H,6-8H2,(H2-,14,18,19,20,21,22,23,24)/p+1/t10-,11+/m1/s1. The molecule has 0 saturated carbocycles. The molecule has 3 amide bonds. The first-order chi connectivity index (χ1) is 12.0. The highest BCUT2D eigenvalue weighted by Crippen LogP contribution is 2.45. The Balaban J connectivity index is 1.80. The van der Waals surface area contributed by atoms with E-state index in [2.05, 4.69) is 5.32 Å². The van der Waals surface area contributed by atoms with E-state index >= 15 is 0 Å². The van der Waals surface area contributed by atoms with E-state index in [9.17, 15) is 35.5 Å². The lowest BCUT2D eigenvalue weighted by molar-refractivity contribution is -0.676. The van der Waals surface area contributed by atoms with Crippen LogP contribution in [0.15, 0.2) is 30.3 Å². The third kappa shape index (κ3) is 2.51. The number of β-lactam (4-membered cyclic amide) rings is 1. The lowest BCUT2D eigenvalue weighted by Crippen LogP contribution is -2.81. The number of benzene rings is 1. The van der Waals surface area contributed by atoms with Gasteiger partial charge in [0.15, 0.2) is 6.04 Å². The molecule has 2 heterocycles. The molecule has 1 aromatic rings. The summed E-state index contributed by atoms with van der Waals surface area (Å²) in [6.45, 7) is 0.0467. The van der Waals surface area contributed by atoms with Gasteiger partial charge < -0.3 is 10.2 Å². The number of hydrogen-bond donors (Lipinski definition) is 3. The third-order valence-corrected chi connectivity index (χ3v) is 8.00. The van der Waals surface area contributed by atoms with E-state index < -0.39 is 47.9 Å². The summed E-state index contributed by atoms with van der Waals surface area (Å²) < 4.78 is 62.4. The lowest BCUT2D eigenvalue weighted by Gasteiger charge is -2.44. The van der Waals surface area contributed by atoms with Crippen LogP contribution in [0.5, 0.6) is 0 Å². The molecule has 0 radical (unpaired) electrons. The molecule has 0 aliphatic carbocycles. The summed E-state index contributed by atoms with van der Waals surface area (Å²) in [7, 11) is -11.0. The van der Waals surface area contributed by atoms with Crippen LogP contribution in [0.25, 0.3) is 0 Å². The minimum Gasteiger partial charge on any atom is -0.334 e. The van der Waals surface area contributed by atoms with Crippen LogP contribution in [-0.2, 0) is 31.9 Å². The normalized spacial score (nSPS) is 24.7. The fourth-order valence-electron chi connectivity index (χ4n) is 3.49. The van der Waals surface area contributed by atoms with Gasteiger partial charge in [-0.2, -0.15) is 0 Å². The van der Waals surface area contributed by atoms with Gasteiger partial charge >= 0.3 is 32.5 Å². The predicted molar refractivity (Wildman–Crippen MR) is 85.9 cm³/mol. The second-order valence-electron chi connectivity index (χ2n) is 5.97. The Hall–Kier alpha value is -2.06. The summed E-state index contributed by atoms with van der Waals surface area (Å²) in [4.78, 5) is 25.6. The number of hydrogen-bond acceptors (Lipinski definition) is 6. The number of nitrogens with zero attached hydrogens (tertiary/aromatic N) is 2. The van der Waals surface area contributed by atoms with Gasteiger partial charge in [0.2, 0.25) is 6.04 Å². The minimum absolute atomic E-state index is 0.104. The van der Waals surface area contributed by atoms with Crippen molar-refractivity contribution in [1.82, 2.24) is 10.2 Å².